The van der Waals surface area contributed by atoms with Gasteiger partial charge in [0.05, 0.1) is 18.8 Å². The van der Waals surface area contributed by atoms with E-state index in [1.807, 2.05) is 18.2 Å². The lowest BCUT2D eigenvalue weighted by atomic mass is 9.95. The second-order valence-corrected chi connectivity index (χ2v) is 7.35. The zero-order chi connectivity index (χ0) is 21.7. The largest absolute Gasteiger partial charge is 0.497 e. The fourth-order valence-electron chi connectivity index (χ4n) is 4.24. The van der Waals surface area contributed by atoms with E-state index in [4.69, 9.17) is 4.74 Å². The van der Waals surface area contributed by atoms with Crippen molar-refractivity contribution >= 4 is 10.9 Å². The monoisotopic (exact) mass is 422 g/mol. The van der Waals surface area contributed by atoms with Crippen LogP contribution in [0.15, 0.2) is 52.1 Å². The number of ether oxygens (including phenoxy) is 1. The van der Waals surface area contributed by atoms with Crippen molar-refractivity contribution in [1.82, 2.24) is 19.9 Å². The number of H-pyrrole nitrogens is 2. The molecule has 0 saturated heterocycles. The van der Waals surface area contributed by atoms with Gasteiger partial charge in [0.15, 0.2) is 0 Å². The first-order chi connectivity index (χ1) is 15.0. The first kappa shape index (κ1) is 19.1. The van der Waals surface area contributed by atoms with Crippen molar-refractivity contribution in [3.05, 3.63) is 85.9 Å². The Morgan fingerprint density at radius 2 is 1.97 bits per heavy atom. The minimum Gasteiger partial charge on any atom is -0.497 e. The van der Waals surface area contributed by atoms with Crippen molar-refractivity contribution in [3.63, 3.8) is 0 Å². The van der Waals surface area contributed by atoms with Gasteiger partial charge in [-0.2, -0.15) is 0 Å². The number of aromatic amines is 2. The first-order valence-electron chi connectivity index (χ1n) is 9.74. The van der Waals surface area contributed by atoms with Gasteiger partial charge in [0, 0.05) is 23.1 Å². The lowest BCUT2D eigenvalue weighted by Gasteiger charge is -2.25. The first-order valence-corrected chi connectivity index (χ1v) is 9.74. The average molecular weight is 422 g/mol. The number of aromatic nitrogens is 3. The van der Waals surface area contributed by atoms with Crippen LogP contribution in [0.1, 0.15) is 22.9 Å². The molecule has 2 aromatic heterocycles. The van der Waals surface area contributed by atoms with Crippen LogP contribution in [0, 0.1) is 5.82 Å². The number of benzene rings is 2. The molecule has 0 radical (unpaired) electrons. The predicted molar refractivity (Wildman–Crippen MR) is 113 cm³/mol. The Labute approximate surface area is 174 Å². The second-order valence-electron chi connectivity index (χ2n) is 7.35. The zero-order valence-electron chi connectivity index (χ0n) is 16.5. The van der Waals surface area contributed by atoms with Crippen LogP contribution in [0.25, 0.3) is 16.6 Å². The van der Waals surface area contributed by atoms with Crippen LogP contribution in [-0.4, -0.2) is 33.3 Å². The molecule has 158 valence electrons. The molecule has 5 rings (SSSR count). The SMILES string of the molecule is COc1ccc2[nH]c3c(c2c1)CCNC3c1c(O)n(-c2ccccc2F)c(=O)[nH]c1=O. The highest BCUT2D eigenvalue weighted by Crippen LogP contribution is 2.36. The van der Waals surface area contributed by atoms with Gasteiger partial charge in [0.2, 0.25) is 5.88 Å². The van der Waals surface area contributed by atoms with Crippen molar-refractivity contribution in [2.75, 3.05) is 13.7 Å². The van der Waals surface area contributed by atoms with E-state index >= 15 is 0 Å². The number of para-hydroxylation sites is 1. The normalized spacial score (nSPS) is 15.7. The van der Waals surface area contributed by atoms with E-state index in [1.165, 1.54) is 24.3 Å². The average Bonchev–Trinajstić information content (AvgIpc) is 3.13. The number of nitrogens with zero attached hydrogens (tertiary/aromatic N) is 1. The van der Waals surface area contributed by atoms with Crippen LogP contribution in [0.2, 0.25) is 0 Å². The Hall–Kier alpha value is -3.85. The second kappa shape index (κ2) is 7.13. The molecule has 0 bridgehead atoms. The summed E-state index contributed by atoms with van der Waals surface area (Å²) < 4.78 is 20.5. The summed E-state index contributed by atoms with van der Waals surface area (Å²) in [4.78, 5) is 30.7. The number of aromatic hydroxyl groups is 1. The topological polar surface area (TPSA) is 112 Å². The molecule has 8 nitrogen and oxygen atoms in total. The molecule has 1 aliphatic rings. The highest BCUT2D eigenvalue weighted by Gasteiger charge is 2.31. The Morgan fingerprint density at radius 3 is 2.74 bits per heavy atom. The minimum absolute atomic E-state index is 0.0673. The molecule has 3 heterocycles. The molecule has 9 heteroatoms. The highest BCUT2D eigenvalue weighted by molar-refractivity contribution is 5.86. The molecule has 31 heavy (non-hydrogen) atoms. The van der Waals surface area contributed by atoms with Crippen molar-refractivity contribution in [3.8, 4) is 17.3 Å². The van der Waals surface area contributed by atoms with Crippen molar-refractivity contribution < 1.29 is 14.2 Å². The van der Waals surface area contributed by atoms with Gasteiger partial charge < -0.3 is 20.1 Å². The van der Waals surface area contributed by atoms with E-state index in [-0.39, 0.29) is 11.3 Å². The Bertz CT molecular complexity index is 1440. The minimum atomic E-state index is -0.922. The summed E-state index contributed by atoms with van der Waals surface area (Å²) in [5.41, 5.74) is 0.666. The van der Waals surface area contributed by atoms with Crippen molar-refractivity contribution in [2.45, 2.75) is 12.5 Å². The van der Waals surface area contributed by atoms with Crippen LogP contribution < -0.4 is 21.3 Å². The van der Waals surface area contributed by atoms with E-state index in [1.54, 1.807) is 7.11 Å². The quantitative estimate of drug-likeness (QED) is 0.404. The molecule has 1 aliphatic heterocycles. The predicted octanol–water partition coefficient (Wildman–Crippen LogP) is 2.10. The third-order valence-electron chi connectivity index (χ3n) is 5.66. The van der Waals surface area contributed by atoms with Gasteiger partial charge in [-0.05, 0) is 42.3 Å². The zero-order valence-corrected chi connectivity index (χ0v) is 16.5. The molecule has 2 aromatic carbocycles. The van der Waals surface area contributed by atoms with Crippen LogP contribution in [0.5, 0.6) is 11.6 Å². The van der Waals surface area contributed by atoms with Gasteiger partial charge in [-0.3, -0.25) is 9.78 Å². The Kier molecular flexibility index (Phi) is 4.40. The summed E-state index contributed by atoms with van der Waals surface area (Å²) >= 11 is 0. The third-order valence-corrected chi connectivity index (χ3v) is 5.66. The number of nitrogens with one attached hydrogen (secondary N) is 3. The molecule has 0 aliphatic carbocycles. The number of fused-ring (bicyclic) bond motifs is 3. The Morgan fingerprint density at radius 1 is 1.16 bits per heavy atom. The molecule has 1 atom stereocenters. The molecule has 0 amide bonds. The van der Waals surface area contributed by atoms with Crippen LogP contribution in [0.3, 0.4) is 0 Å². The van der Waals surface area contributed by atoms with Crippen LogP contribution >= 0.6 is 0 Å². The molecule has 0 spiro atoms. The lowest BCUT2D eigenvalue weighted by molar-refractivity contribution is 0.407. The van der Waals surface area contributed by atoms with Gasteiger partial charge >= 0.3 is 5.69 Å². The lowest BCUT2D eigenvalue weighted by Crippen LogP contribution is -2.38. The number of halogens is 1. The van der Waals surface area contributed by atoms with Crippen LogP contribution in [-0.2, 0) is 6.42 Å². The van der Waals surface area contributed by atoms with Gasteiger partial charge in [0.25, 0.3) is 5.56 Å². The summed E-state index contributed by atoms with van der Waals surface area (Å²) in [6, 6.07) is 10.4. The van der Waals surface area contributed by atoms with E-state index in [2.05, 4.69) is 15.3 Å². The fourth-order valence-corrected chi connectivity index (χ4v) is 4.24. The summed E-state index contributed by atoms with van der Waals surface area (Å²) in [6.07, 6.45) is 0.699. The van der Waals surface area contributed by atoms with Crippen LogP contribution in [0.4, 0.5) is 4.39 Å². The van der Waals surface area contributed by atoms with E-state index in [9.17, 15) is 19.1 Å². The molecular formula is C22H19FN4O4. The summed E-state index contributed by atoms with van der Waals surface area (Å²) in [5, 5.41) is 15.1. The smallest absolute Gasteiger partial charge is 0.335 e. The summed E-state index contributed by atoms with van der Waals surface area (Å²) in [6.45, 7) is 0.541. The number of hydrogen-bond donors (Lipinski definition) is 4. The van der Waals surface area contributed by atoms with Gasteiger partial charge in [-0.15, -0.1) is 0 Å². The molecular weight excluding hydrogens is 403 g/mol. The number of rotatable bonds is 3. The Balaban J connectivity index is 1.74. The van der Waals surface area contributed by atoms with Crippen molar-refractivity contribution in [2.24, 2.45) is 0 Å². The van der Waals surface area contributed by atoms with Gasteiger partial charge in [-0.25, -0.2) is 13.8 Å². The fraction of sp³-hybridized carbons (Fsp3) is 0.182. The van der Waals surface area contributed by atoms with E-state index in [0.717, 1.165) is 21.0 Å². The molecule has 4 N–H and O–H groups in total. The molecule has 1 unspecified atom stereocenters. The van der Waals surface area contributed by atoms with Gasteiger partial charge in [0.1, 0.15) is 17.1 Å². The van der Waals surface area contributed by atoms with E-state index in [0.29, 0.717) is 24.4 Å². The van der Waals surface area contributed by atoms with Crippen molar-refractivity contribution in [1.29, 1.82) is 0 Å². The molecule has 0 fully saturated rings. The third kappa shape index (κ3) is 2.93. The summed E-state index contributed by atoms with van der Waals surface area (Å²) in [5.74, 6) is -0.605. The highest BCUT2D eigenvalue weighted by atomic mass is 19.1. The molecule has 0 saturated carbocycles. The number of methoxy groups -OCH3 is 1. The number of hydrogen-bond acceptors (Lipinski definition) is 5. The maximum absolute atomic E-state index is 14.4. The van der Waals surface area contributed by atoms with Gasteiger partial charge in [-0.1, -0.05) is 12.1 Å². The standard InChI is InChI=1S/C22H19FN4O4/c1-31-11-6-7-15-13(10-11)12-8-9-24-19(18(12)25-15)17-20(28)26-22(30)27(21(17)29)16-5-3-2-4-14(16)23/h2-7,10,19,24-25,29H,8-9H2,1H3,(H,26,28,30). The maximum Gasteiger partial charge on any atom is 0.335 e. The van der Waals surface area contributed by atoms with E-state index < -0.39 is 29.0 Å². The summed E-state index contributed by atoms with van der Waals surface area (Å²) in [7, 11) is 1.59. The maximum atomic E-state index is 14.4. The molecule has 4 aromatic rings.